The van der Waals surface area contributed by atoms with Crippen molar-refractivity contribution in [2.45, 2.75) is 17.5 Å². The number of nitrogens with zero attached hydrogens (tertiary/aromatic N) is 1. The molecule has 0 aliphatic rings. The first-order valence-corrected chi connectivity index (χ1v) is 12.3. The maximum atomic E-state index is 12.8. The van der Waals surface area contributed by atoms with Gasteiger partial charge < -0.3 is 10.2 Å². The molecule has 2 N–H and O–H groups in total. The molecule has 3 rings (SSSR count). The highest BCUT2D eigenvalue weighted by Crippen LogP contribution is 2.24. The van der Waals surface area contributed by atoms with E-state index in [1.54, 1.807) is 11.3 Å². The van der Waals surface area contributed by atoms with Crippen LogP contribution in [0.1, 0.15) is 26.8 Å². The second-order valence-corrected chi connectivity index (χ2v) is 10.3. The number of carbonyl (C=O) groups is 1. The van der Waals surface area contributed by atoms with Crippen LogP contribution in [0.25, 0.3) is 0 Å². The van der Waals surface area contributed by atoms with Gasteiger partial charge in [0.05, 0.1) is 11.1 Å². The molecule has 2 aromatic carbocycles. The molecule has 1 heterocycles. The summed E-state index contributed by atoms with van der Waals surface area (Å²) in [5.41, 5.74) is 1.05. The fourth-order valence-corrected chi connectivity index (χ4v) is 5.48. The van der Waals surface area contributed by atoms with Crippen molar-refractivity contribution in [2.24, 2.45) is 0 Å². The molecule has 31 heavy (non-hydrogen) atoms. The molecule has 1 amide bonds. The summed E-state index contributed by atoms with van der Waals surface area (Å²) in [6, 6.07) is 17.4. The molecular formula is C22H24ClN3O3S2. The van der Waals surface area contributed by atoms with E-state index in [-0.39, 0.29) is 34.0 Å². The van der Waals surface area contributed by atoms with Crippen molar-refractivity contribution in [1.29, 1.82) is 0 Å². The van der Waals surface area contributed by atoms with Crippen LogP contribution in [0.15, 0.2) is 70.9 Å². The fraction of sp³-hybridized carbons (Fsp3) is 0.227. The van der Waals surface area contributed by atoms with Gasteiger partial charge in [0.15, 0.2) is 0 Å². The number of halogens is 1. The third-order valence-corrected chi connectivity index (χ3v) is 7.60. The van der Waals surface area contributed by atoms with Crippen molar-refractivity contribution < 1.29 is 13.2 Å². The highest BCUT2D eigenvalue weighted by Gasteiger charge is 2.21. The minimum Gasteiger partial charge on any atom is -0.350 e. The number of carbonyl (C=O) groups excluding carboxylic acids is 1. The maximum absolute atomic E-state index is 12.8. The summed E-state index contributed by atoms with van der Waals surface area (Å²) in [6.07, 6.45) is 0. The van der Waals surface area contributed by atoms with E-state index < -0.39 is 10.0 Å². The van der Waals surface area contributed by atoms with E-state index in [4.69, 9.17) is 11.6 Å². The molecule has 0 saturated heterocycles. The monoisotopic (exact) mass is 477 g/mol. The Labute approximate surface area is 191 Å². The van der Waals surface area contributed by atoms with Crippen molar-refractivity contribution in [3.8, 4) is 0 Å². The maximum Gasteiger partial charge on any atom is 0.251 e. The lowest BCUT2D eigenvalue weighted by atomic mass is 10.2. The lowest BCUT2D eigenvalue weighted by Crippen LogP contribution is -2.34. The zero-order chi connectivity index (χ0) is 22.4. The van der Waals surface area contributed by atoms with Gasteiger partial charge in [0.1, 0.15) is 4.90 Å². The van der Waals surface area contributed by atoms with Crippen LogP contribution in [-0.2, 0) is 16.6 Å². The molecule has 3 aromatic rings. The van der Waals surface area contributed by atoms with Gasteiger partial charge in [-0.25, -0.2) is 13.1 Å². The van der Waals surface area contributed by atoms with E-state index in [9.17, 15) is 13.2 Å². The number of likely N-dealkylation sites (N-methyl/N-ethyl adjacent to an activating group) is 1. The molecule has 9 heteroatoms. The largest absolute Gasteiger partial charge is 0.350 e. The van der Waals surface area contributed by atoms with Gasteiger partial charge in [0.25, 0.3) is 5.91 Å². The van der Waals surface area contributed by atoms with Gasteiger partial charge in [-0.3, -0.25) is 4.79 Å². The molecule has 0 bridgehead atoms. The number of amides is 1. The molecule has 6 nitrogen and oxygen atoms in total. The standard InChI is InChI=1S/C22H24ClN3O3S2/c1-26(2)19(20-9-6-12-30-20)15-24-22(27)17-10-11-18(23)21(13-17)31(28,29)25-14-16-7-4-3-5-8-16/h3-13,19,25H,14-15H2,1-2H3,(H,24,27). The summed E-state index contributed by atoms with van der Waals surface area (Å²) in [7, 11) is -0.00115. The molecule has 0 aliphatic heterocycles. The Morgan fingerprint density at radius 2 is 1.84 bits per heavy atom. The first-order chi connectivity index (χ1) is 14.8. The van der Waals surface area contributed by atoms with Gasteiger partial charge in [0.2, 0.25) is 10.0 Å². The van der Waals surface area contributed by atoms with Gasteiger partial charge in [-0.05, 0) is 49.3 Å². The van der Waals surface area contributed by atoms with Gasteiger partial charge in [-0.15, -0.1) is 11.3 Å². The second kappa shape index (κ2) is 10.4. The second-order valence-electron chi connectivity index (χ2n) is 7.16. The van der Waals surface area contributed by atoms with Crippen LogP contribution in [0.2, 0.25) is 5.02 Å². The summed E-state index contributed by atoms with van der Waals surface area (Å²) in [6.45, 7) is 0.518. The highest BCUT2D eigenvalue weighted by atomic mass is 35.5. The summed E-state index contributed by atoms with van der Waals surface area (Å²) < 4.78 is 28.1. The average molecular weight is 478 g/mol. The number of thiophene rings is 1. The predicted octanol–water partition coefficient (Wildman–Crippen LogP) is 3.91. The molecule has 0 aliphatic carbocycles. The molecule has 0 fully saturated rings. The number of benzene rings is 2. The van der Waals surface area contributed by atoms with Gasteiger partial charge in [-0.2, -0.15) is 0 Å². The number of hydrogen-bond acceptors (Lipinski definition) is 5. The van der Waals surface area contributed by atoms with E-state index in [0.29, 0.717) is 6.54 Å². The lowest BCUT2D eigenvalue weighted by molar-refractivity contribution is 0.0942. The Bertz CT molecular complexity index is 1120. The Balaban J connectivity index is 1.72. The smallest absolute Gasteiger partial charge is 0.251 e. The van der Waals surface area contributed by atoms with Crippen LogP contribution in [0.3, 0.4) is 0 Å². The average Bonchev–Trinajstić information content (AvgIpc) is 3.27. The van der Waals surface area contributed by atoms with E-state index >= 15 is 0 Å². The van der Waals surface area contributed by atoms with Crippen LogP contribution in [0.5, 0.6) is 0 Å². The van der Waals surface area contributed by atoms with E-state index in [1.165, 1.54) is 18.2 Å². The Morgan fingerprint density at radius 3 is 2.48 bits per heavy atom. The van der Waals surface area contributed by atoms with Crippen LogP contribution < -0.4 is 10.0 Å². The molecule has 164 valence electrons. The lowest BCUT2D eigenvalue weighted by Gasteiger charge is -2.23. The van der Waals surface area contributed by atoms with Crippen LogP contribution in [0.4, 0.5) is 0 Å². The summed E-state index contributed by atoms with van der Waals surface area (Å²) in [4.78, 5) is 15.8. The summed E-state index contributed by atoms with van der Waals surface area (Å²) >= 11 is 7.77. The number of hydrogen-bond donors (Lipinski definition) is 2. The molecule has 0 radical (unpaired) electrons. The molecule has 1 aromatic heterocycles. The van der Waals surface area contributed by atoms with E-state index in [2.05, 4.69) is 10.0 Å². The van der Waals surface area contributed by atoms with Gasteiger partial charge in [0, 0.05) is 23.5 Å². The summed E-state index contributed by atoms with van der Waals surface area (Å²) in [5, 5.41) is 4.94. The molecule has 1 unspecified atom stereocenters. The van der Waals surface area contributed by atoms with Crippen molar-refractivity contribution in [3.05, 3.63) is 87.1 Å². The van der Waals surface area contributed by atoms with Crippen molar-refractivity contribution >= 4 is 38.9 Å². The normalized spacial score (nSPS) is 12.6. The van der Waals surface area contributed by atoms with E-state index in [0.717, 1.165) is 10.4 Å². The molecule has 0 saturated carbocycles. The van der Waals surface area contributed by atoms with Crippen LogP contribution >= 0.6 is 22.9 Å². The van der Waals surface area contributed by atoms with Gasteiger partial charge in [-0.1, -0.05) is 48.0 Å². The third kappa shape index (κ3) is 6.15. The number of rotatable bonds is 9. The zero-order valence-corrected chi connectivity index (χ0v) is 19.6. The van der Waals surface area contributed by atoms with Gasteiger partial charge >= 0.3 is 0 Å². The Kier molecular flexibility index (Phi) is 7.85. The minimum atomic E-state index is -3.89. The van der Waals surface area contributed by atoms with Crippen LogP contribution in [0, 0.1) is 0 Å². The number of nitrogens with one attached hydrogen (secondary N) is 2. The highest BCUT2D eigenvalue weighted by molar-refractivity contribution is 7.89. The summed E-state index contributed by atoms with van der Waals surface area (Å²) in [5.74, 6) is -0.361. The topological polar surface area (TPSA) is 78.5 Å². The van der Waals surface area contributed by atoms with Crippen molar-refractivity contribution in [2.75, 3.05) is 20.6 Å². The van der Waals surface area contributed by atoms with Crippen molar-refractivity contribution in [1.82, 2.24) is 14.9 Å². The zero-order valence-electron chi connectivity index (χ0n) is 17.2. The minimum absolute atomic E-state index is 0.0204. The molecule has 1 atom stereocenters. The Morgan fingerprint density at radius 1 is 1.10 bits per heavy atom. The molecule has 0 spiro atoms. The molecular weight excluding hydrogens is 454 g/mol. The fourth-order valence-electron chi connectivity index (χ4n) is 3.01. The number of sulfonamides is 1. The van der Waals surface area contributed by atoms with E-state index in [1.807, 2.05) is 66.8 Å². The first-order valence-electron chi connectivity index (χ1n) is 9.59. The first kappa shape index (κ1) is 23.4. The van der Waals surface area contributed by atoms with Crippen LogP contribution in [-0.4, -0.2) is 39.9 Å². The SMILES string of the molecule is CN(C)C(CNC(=O)c1ccc(Cl)c(S(=O)(=O)NCc2ccccc2)c1)c1cccs1. The predicted molar refractivity (Wildman–Crippen MR) is 125 cm³/mol. The van der Waals surface area contributed by atoms with Crippen molar-refractivity contribution in [3.63, 3.8) is 0 Å². The Hall–Kier alpha value is -2.23. The quantitative estimate of drug-likeness (QED) is 0.489. The third-order valence-electron chi connectivity index (χ3n) is 4.74.